The van der Waals surface area contributed by atoms with Gasteiger partial charge in [-0.2, -0.15) is 0 Å². The van der Waals surface area contributed by atoms with E-state index in [4.69, 9.17) is 16.0 Å². The van der Waals surface area contributed by atoms with E-state index in [1.807, 2.05) is 36.4 Å². The second-order valence-corrected chi connectivity index (χ2v) is 5.88. The molecule has 2 heterocycles. The van der Waals surface area contributed by atoms with Crippen LogP contribution in [0.15, 0.2) is 52.9 Å². The molecule has 0 N–H and O–H groups in total. The van der Waals surface area contributed by atoms with Crippen LogP contribution < -0.4 is 0 Å². The molecule has 0 aliphatic carbocycles. The van der Waals surface area contributed by atoms with Crippen LogP contribution in [0.2, 0.25) is 5.02 Å². The van der Waals surface area contributed by atoms with Gasteiger partial charge in [-0.3, -0.25) is 0 Å². The molecule has 21 heavy (non-hydrogen) atoms. The van der Waals surface area contributed by atoms with E-state index >= 15 is 0 Å². The van der Waals surface area contributed by atoms with Gasteiger partial charge in [-0.05, 0) is 30.3 Å². The minimum Gasteiger partial charge on any atom is -0.414 e. The Morgan fingerprint density at radius 2 is 1.81 bits per heavy atom. The van der Waals surface area contributed by atoms with Crippen molar-refractivity contribution in [2.24, 2.45) is 0 Å². The van der Waals surface area contributed by atoms with E-state index in [9.17, 15) is 0 Å². The summed E-state index contributed by atoms with van der Waals surface area (Å²) in [7, 11) is 0. The zero-order valence-corrected chi connectivity index (χ0v) is 12.2. The van der Waals surface area contributed by atoms with Crippen LogP contribution in [0.25, 0.3) is 32.6 Å². The first-order valence-electron chi connectivity index (χ1n) is 6.25. The number of thiazole rings is 1. The van der Waals surface area contributed by atoms with Gasteiger partial charge < -0.3 is 4.42 Å². The Hall–Kier alpha value is -2.24. The number of hydrogen-bond acceptors (Lipinski definition) is 5. The zero-order chi connectivity index (χ0) is 14.2. The lowest BCUT2D eigenvalue weighted by atomic mass is 10.2. The van der Waals surface area contributed by atoms with Gasteiger partial charge in [0.25, 0.3) is 5.89 Å². The smallest absolute Gasteiger partial charge is 0.277 e. The minimum absolute atomic E-state index is 0.422. The van der Waals surface area contributed by atoms with Gasteiger partial charge in [-0.15, -0.1) is 21.5 Å². The fourth-order valence-corrected chi connectivity index (χ4v) is 3.09. The maximum absolute atomic E-state index is 5.97. The van der Waals surface area contributed by atoms with Crippen LogP contribution in [-0.2, 0) is 0 Å². The molecule has 102 valence electrons. The van der Waals surface area contributed by atoms with Gasteiger partial charge in [0.1, 0.15) is 0 Å². The number of para-hydroxylation sites is 1. The van der Waals surface area contributed by atoms with Crippen LogP contribution in [0.1, 0.15) is 0 Å². The number of fused-ring (bicyclic) bond motifs is 1. The Morgan fingerprint density at radius 1 is 0.952 bits per heavy atom. The molecule has 4 aromatic rings. The van der Waals surface area contributed by atoms with Gasteiger partial charge in [-0.25, -0.2) is 4.98 Å². The predicted molar refractivity (Wildman–Crippen MR) is 83.4 cm³/mol. The molecule has 0 saturated heterocycles. The van der Waals surface area contributed by atoms with Crippen molar-refractivity contribution in [3.8, 4) is 22.4 Å². The SMILES string of the molecule is Clc1cccc(-c2nnc(-c3nc4ccccc4s3)o2)c1. The van der Waals surface area contributed by atoms with Gasteiger partial charge >= 0.3 is 0 Å². The van der Waals surface area contributed by atoms with E-state index in [-0.39, 0.29) is 0 Å². The average molecular weight is 314 g/mol. The molecule has 0 bridgehead atoms. The Bertz CT molecular complexity index is 898. The fraction of sp³-hybridized carbons (Fsp3) is 0. The highest BCUT2D eigenvalue weighted by atomic mass is 35.5. The molecule has 0 aliphatic heterocycles. The number of hydrogen-bond donors (Lipinski definition) is 0. The molecule has 0 amide bonds. The summed E-state index contributed by atoms with van der Waals surface area (Å²) >= 11 is 7.50. The normalized spacial score (nSPS) is 11.1. The summed E-state index contributed by atoms with van der Waals surface area (Å²) in [4.78, 5) is 4.50. The van der Waals surface area contributed by atoms with Crippen LogP contribution in [0.4, 0.5) is 0 Å². The molecule has 4 nitrogen and oxygen atoms in total. The highest BCUT2D eigenvalue weighted by Gasteiger charge is 2.14. The van der Waals surface area contributed by atoms with Gasteiger partial charge in [0.15, 0.2) is 5.01 Å². The van der Waals surface area contributed by atoms with Gasteiger partial charge in [-0.1, -0.05) is 29.8 Å². The van der Waals surface area contributed by atoms with Crippen LogP contribution in [0.5, 0.6) is 0 Å². The quantitative estimate of drug-likeness (QED) is 0.540. The summed E-state index contributed by atoms with van der Waals surface area (Å²) in [5, 5.41) is 9.49. The standard InChI is InChI=1S/C15H8ClN3OS/c16-10-5-3-4-9(8-10)13-18-19-14(20-13)15-17-11-6-1-2-7-12(11)21-15/h1-8H. The van der Waals surface area contributed by atoms with Crippen molar-refractivity contribution in [3.05, 3.63) is 53.6 Å². The van der Waals surface area contributed by atoms with E-state index in [2.05, 4.69) is 15.2 Å². The first-order chi connectivity index (χ1) is 10.3. The van der Waals surface area contributed by atoms with Crippen molar-refractivity contribution >= 4 is 33.2 Å². The van der Waals surface area contributed by atoms with Crippen molar-refractivity contribution in [2.45, 2.75) is 0 Å². The van der Waals surface area contributed by atoms with Crippen molar-refractivity contribution in [1.29, 1.82) is 0 Å². The summed E-state index contributed by atoms with van der Waals surface area (Å²) in [6, 6.07) is 15.2. The lowest BCUT2D eigenvalue weighted by molar-refractivity contribution is 0.584. The molecule has 0 spiro atoms. The van der Waals surface area contributed by atoms with E-state index in [1.165, 1.54) is 11.3 Å². The minimum atomic E-state index is 0.422. The molecule has 0 fully saturated rings. The summed E-state index contributed by atoms with van der Waals surface area (Å²) in [6.07, 6.45) is 0. The molecule has 0 radical (unpaired) electrons. The van der Waals surface area contributed by atoms with Crippen molar-refractivity contribution in [3.63, 3.8) is 0 Å². The number of aromatic nitrogens is 3. The van der Waals surface area contributed by atoms with Crippen LogP contribution in [0, 0.1) is 0 Å². The second kappa shape index (κ2) is 4.95. The first kappa shape index (κ1) is 12.5. The molecule has 2 aromatic carbocycles. The number of benzene rings is 2. The largest absolute Gasteiger partial charge is 0.414 e. The third-order valence-corrected chi connectivity index (χ3v) is 4.23. The van der Waals surface area contributed by atoms with Crippen LogP contribution in [-0.4, -0.2) is 15.2 Å². The maximum atomic E-state index is 5.97. The fourth-order valence-electron chi connectivity index (χ4n) is 2.01. The second-order valence-electron chi connectivity index (χ2n) is 4.41. The Balaban J connectivity index is 1.77. The molecule has 0 aliphatic rings. The number of halogens is 1. The van der Waals surface area contributed by atoms with E-state index < -0.39 is 0 Å². The number of rotatable bonds is 2. The summed E-state index contributed by atoms with van der Waals surface area (Å²) < 4.78 is 6.80. The highest BCUT2D eigenvalue weighted by molar-refractivity contribution is 7.21. The van der Waals surface area contributed by atoms with E-state index in [1.54, 1.807) is 12.1 Å². The monoisotopic (exact) mass is 313 g/mol. The van der Waals surface area contributed by atoms with Gasteiger partial charge in [0, 0.05) is 10.6 Å². The van der Waals surface area contributed by atoms with Crippen LogP contribution in [0.3, 0.4) is 0 Å². The molecule has 0 unspecified atom stereocenters. The van der Waals surface area contributed by atoms with Gasteiger partial charge in [0.2, 0.25) is 5.89 Å². The third-order valence-electron chi connectivity index (χ3n) is 2.97. The Morgan fingerprint density at radius 3 is 2.67 bits per heavy atom. The summed E-state index contributed by atoms with van der Waals surface area (Å²) in [5.74, 6) is 0.859. The zero-order valence-electron chi connectivity index (χ0n) is 10.7. The van der Waals surface area contributed by atoms with Gasteiger partial charge in [0.05, 0.1) is 10.2 Å². The third kappa shape index (κ3) is 2.30. The molecule has 4 rings (SSSR count). The lowest BCUT2D eigenvalue weighted by Crippen LogP contribution is -1.76. The first-order valence-corrected chi connectivity index (χ1v) is 7.44. The van der Waals surface area contributed by atoms with Crippen LogP contribution >= 0.6 is 22.9 Å². The number of nitrogens with zero attached hydrogens (tertiary/aromatic N) is 3. The van der Waals surface area contributed by atoms with E-state index in [0.717, 1.165) is 20.8 Å². The maximum Gasteiger partial charge on any atom is 0.277 e. The molecule has 0 saturated carbocycles. The highest BCUT2D eigenvalue weighted by Crippen LogP contribution is 2.31. The molecule has 2 aromatic heterocycles. The Labute approximate surface area is 129 Å². The summed E-state index contributed by atoms with van der Waals surface area (Å²) in [5.41, 5.74) is 1.72. The van der Waals surface area contributed by atoms with E-state index in [0.29, 0.717) is 16.8 Å². The molecule has 6 heteroatoms. The Kier molecular flexibility index (Phi) is 2.94. The molecular formula is C15H8ClN3OS. The van der Waals surface area contributed by atoms with Crippen molar-refractivity contribution < 1.29 is 4.42 Å². The summed E-state index contributed by atoms with van der Waals surface area (Å²) in [6.45, 7) is 0. The lowest BCUT2D eigenvalue weighted by Gasteiger charge is -1.94. The van der Waals surface area contributed by atoms with Crippen molar-refractivity contribution in [1.82, 2.24) is 15.2 Å². The predicted octanol–water partition coefficient (Wildman–Crippen LogP) is 4.67. The molecule has 0 atom stereocenters. The molecular weight excluding hydrogens is 306 g/mol. The van der Waals surface area contributed by atoms with Crippen molar-refractivity contribution in [2.75, 3.05) is 0 Å². The topological polar surface area (TPSA) is 51.8 Å². The average Bonchev–Trinajstić information content (AvgIpc) is 3.14.